The van der Waals surface area contributed by atoms with Crippen LogP contribution in [0.5, 0.6) is 0 Å². The Labute approximate surface area is 163 Å². The Morgan fingerprint density at radius 2 is 1.74 bits per heavy atom. The lowest BCUT2D eigenvalue weighted by atomic mass is 9.48. The second-order valence-corrected chi connectivity index (χ2v) is 10.2. The third-order valence-corrected chi connectivity index (χ3v) is 8.02. The molecule has 0 aromatic rings. The fourth-order valence-corrected chi connectivity index (χ4v) is 6.84. The van der Waals surface area contributed by atoms with Crippen molar-refractivity contribution in [3.63, 3.8) is 0 Å². The molecule has 1 heterocycles. The first-order chi connectivity index (χ1) is 13.0. The zero-order chi connectivity index (χ0) is 18.9. The van der Waals surface area contributed by atoms with Crippen LogP contribution >= 0.6 is 0 Å². The van der Waals surface area contributed by atoms with Crippen molar-refractivity contribution in [2.24, 2.45) is 28.6 Å². The standard InChI is InChI=1S/C23H36O4/c1-2-22(15-27-16-22)5-3-4-6-26-14-20(21(24)25)13-23-10-17-7-18(11-23)9-19(8-17)12-23/h14,17-19H,2-13,15-16H2,1H3,(H,24,25). The monoisotopic (exact) mass is 376 g/mol. The summed E-state index contributed by atoms with van der Waals surface area (Å²) in [5, 5.41) is 9.69. The van der Waals surface area contributed by atoms with Crippen molar-refractivity contribution in [1.29, 1.82) is 0 Å². The molecule has 0 amide bonds. The fourth-order valence-electron chi connectivity index (χ4n) is 6.84. The minimum atomic E-state index is -0.790. The second kappa shape index (κ2) is 7.77. The van der Waals surface area contributed by atoms with Gasteiger partial charge in [0.05, 0.1) is 31.7 Å². The smallest absolute Gasteiger partial charge is 0.334 e. The number of rotatable bonds is 10. The molecule has 1 saturated heterocycles. The van der Waals surface area contributed by atoms with E-state index >= 15 is 0 Å². The van der Waals surface area contributed by atoms with Crippen LogP contribution in [-0.2, 0) is 14.3 Å². The average molecular weight is 377 g/mol. The van der Waals surface area contributed by atoms with Gasteiger partial charge in [0.15, 0.2) is 0 Å². The van der Waals surface area contributed by atoms with Crippen molar-refractivity contribution in [2.75, 3.05) is 19.8 Å². The molecule has 152 valence electrons. The normalized spacial score (nSPS) is 36.5. The summed E-state index contributed by atoms with van der Waals surface area (Å²) in [5.41, 5.74) is 1.15. The maximum Gasteiger partial charge on any atom is 0.334 e. The van der Waals surface area contributed by atoms with Gasteiger partial charge in [0.1, 0.15) is 0 Å². The van der Waals surface area contributed by atoms with E-state index in [0.29, 0.717) is 24.0 Å². The number of aliphatic carboxylic acids is 1. The number of carboxylic acids is 1. The summed E-state index contributed by atoms with van der Waals surface area (Å²) in [7, 11) is 0. The van der Waals surface area contributed by atoms with Gasteiger partial charge < -0.3 is 14.6 Å². The average Bonchev–Trinajstić information content (AvgIpc) is 2.57. The number of hydrogen-bond acceptors (Lipinski definition) is 3. The molecule has 0 unspecified atom stereocenters. The maximum absolute atomic E-state index is 11.8. The van der Waals surface area contributed by atoms with Crippen molar-refractivity contribution < 1.29 is 19.4 Å². The largest absolute Gasteiger partial charge is 0.501 e. The molecule has 0 aromatic carbocycles. The van der Waals surface area contributed by atoms with Crippen molar-refractivity contribution in [2.45, 2.75) is 77.6 Å². The summed E-state index contributed by atoms with van der Waals surface area (Å²) in [6, 6.07) is 0. The molecule has 4 nitrogen and oxygen atoms in total. The van der Waals surface area contributed by atoms with Crippen LogP contribution in [0.1, 0.15) is 77.6 Å². The molecule has 0 aromatic heterocycles. The fraction of sp³-hybridized carbons (Fsp3) is 0.870. The molecular weight excluding hydrogens is 340 g/mol. The molecule has 4 saturated carbocycles. The highest BCUT2D eigenvalue weighted by Gasteiger charge is 2.51. The molecule has 1 aliphatic heterocycles. The molecule has 5 rings (SSSR count). The Kier molecular flexibility index (Phi) is 5.55. The molecule has 4 heteroatoms. The van der Waals surface area contributed by atoms with Gasteiger partial charge in [0.2, 0.25) is 0 Å². The van der Waals surface area contributed by atoms with E-state index in [1.165, 1.54) is 51.4 Å². The Morgan fingerprint density at radius 3 is 2.22 bits per heavy atom. The van der Waals surface area contributed by atoms with E-state index in [4.69, 9.17) is 9.47 Å². The predicted molar refractivity (Wildman–Crippen MR) is 104 cm³/mol. The lowest BCUT2D eigenvalue weighted by Crippen LogP contribution is -2.46. The molecular formula is C23H36O4. The first kappa shape index (κ1) is 19.3. The lowest BCUT2D eigenvalue weighted by Gasteiger charge is -2.57. The highest BCUT2D eigenvalue weighted by Crippen LogP contribution is 2.62. The maximum atomic E-state index is 11.8. The van der Waals surface area contributed by atoms with E-state index < -0.39 is 5.97 Å². The van der Waals surface area contributed by atoms with E-state index in [-0.39, 0.29) is 5.41 Å². The topological polar surface area (TPSA) is 55.8 Å². The summed E-state index contributed by atoms with van der Waals surface area (Å²) < 4.78 is 11.1. The number of hydrogen-bond donors (Lipinski definition) is 1. The first-order valence-corrected chi connectivity index (χ1v) is 11.1. The molecule has 0 atom stereocenters. The quantitative estimate of drug-likeness (QED) is 0.324. The van der Waals surface area contributed by atoms with Gasteiger partial charge in [0.25, 0.3) is 0 Å². The minimum Gasteiger partial charge on any atom is -0.501 e. The van der Waals surface area contributed by atoms with E-state index in [1.54, 1.807) is 6.26 Å². The number of carboxylic acid groups (broad SMARTS) is 1. The van der Waals surface area contributed by atoms with Crippen LogP contribution in [0.2, 0.25) is 0 Å². The Bertz CT molecular complexity index is 534. The second-order valence-electron chi connectivity index (χ2n) is 10.2. The van der Waals surface area contributed by atoms with Crippen molar-refractivity contribution in [3.05, 3.63) is 11.8 Å². The molecule has 4 bridgehead atoms. The van der Waals surface area contributed by atoms with E-state index in [2.05, 4.69) is 6.92 Å². The third-order valence-electron chi connectivity index (χ3n) is 8.02. The van der Waals surface area contributed by atoms with E-state index in [0.717, 1.165) is 43.8 Å². The van der Waals surface area contributed by atoms with Gasteiger partial charge in [-0.3, -0.25) is 0 Å². The Balaban J connectivity index is 1.25. The summed E-state index contributed by atoms with van der Waals surface area (Å²) in [4.78, 5) is 11.8. The van der Waals surface area contributed by atoms with Crippen LogP contribution in [0, 0.1) is 28.6 Å². The lowest BCUT2D eigenvalue weighted by molar-refractivity contribution is -0.134. The summed E-state index contributed by atoms with van der Waals surface area (Å²) in [5.74, 6) is 1.78. The third kappa shape index (κ3) is 4.21. The van der Waals surface area contributed by atoms with E-state index in [9.17, 15) is 9.90 Å². The highest BCUT2D eigenvalue weighted by molar-refractivity contribution is 5.86. The van der Waals surface area contributed by atoms with Crippen LogP contribution in [0.25, 0.3) is 0 Å². The van der Waals surface area contributed by atoms with Crippen LogP contribution in [0.3, 0.4) is 0 Å². The van der Waals surface area contributed by atoms with Gasteiger partial charge in [-0.1, -0.05) is 6.92 Å². The summed E-state index contributed by atoms with van der Waals surface area (Å²) in [6.45, 7) is 4.67. The first-order valence-electron chi connectivity index (χ1n) is 11.1. The predicted octanol–water partition coefficient (Wildman–Crippen LogP) is 5.17. The van der Waals surface area contributed by atoms with Crippen LogP contribution < -0.4 is 0 Å². The van der Waals surface area contributed by atoms with Crippen LogP contribution in [-0.4, -0.2) is 30.9 Å². The number of carbonyl (C=O) groups is 1. The highest BCUT2D eigenvalue weighted by atomic mass is 16.5. The zero-order valence-corrected chi connectivity index (χ0v) is 16.9. The molecule has 5 aliphatic rings. The van der Waals surface area contributed by atoms with Crippen LogP contribution in [0.15, 0.2) is 11.8 Å². The van der Waals surface area contributed by atoms with Gasteiger partial charge in [-0.25, -0.2) is 4.79 Å². The molecule has 4 aliphatic carbocycles. The van der Waals surface area contributed by atoms with Gasteiger partial charge in [-0.05, 0) is 93.8 Å². The summed E-state index contributed by atoms with van der Waals surface area (Å²) in [6.07, 6.45) is 14.7. The molecule has 0 spiro atoms. The SMILES string of the molecule is CCC1(CCCCOC=C(CC23CC4CC(CC(C4)C2)C3)C(=O)O)COC1. The van der Waals surface area contributed by atoms with Gasteiger partial charge >= 0.3 is 5.97 Å². The van der Waals surface area contributed by atoms with Gasteiger partial charge in [0, 0.05) is 5.41 Å². The number of unbranched alkanes of at least 4 members (excludes halogenated alkanes) is 1. The van der Waals surface area contributed by atoms with Crippen molar-refractivity contribution in [1.82, 2.24) is 0 Å². The Morgan fingerprint density at radius 1 is 1.11 bits per heavy atom. The molecule has 5 fully saturated rings. The van der Waals surface area contributed by atoms with Crippen molar-refractivity contribution >= 4 is 5.97 Å². The number of ether oxygens (including phenoxy) is 2. The van der Waals surface area contributed by atoms with Crippen molar-refractivity contribution in [3.8, 4) is 0 Å². The molecule has 27 heavy (non-hydrogen) atoms. The van der Waals surface area contributed by atoms with Gasteiger partial charge in [-0.2, -0.15) is 0 Å². The summed E-state index contributed by atoms with van der Waals surface area (Å²) >= 11 is 0. The zero-order valence-electron chi connectivity index (χ0n) is 16.9. The molecule has 1 N–H and O–H groups in total. The van der Waals surface area contributed by atoms with Crippen LogP contribution in [0.4, 0.5) is 0 Å². The van der Waals surface area contributed by atoms with Gasteiger partial charge in [-0.15, -0.1) is 0 Å². The minimum absolute atomic E-state index is 0.250. The molecule has 0 radical (unpaired) electrons. The van der Waals surface area contributed by atoms with E-state index in [1.807, 2.05) is 0 Å². The Hall–Kier alpha value is -1.03.